The number of hydrogen-bond donors (Lipinski definition) is 0. The highest BCUT2D eigenvalue weighted by Crippen LogP contribution is 2.41. The van der Waals surface area contributed by atoms with Crippen molar-refractivity contribution in [1.29, 1.82) is 0 Å². The molecule has 0 N–H and O–H groups in total. The first-order chi connectivity index (χ1) is 10.3. The molecule has 22 heavy (non-hydrogen) atoms. The lowest BCUT2D eigenvalue weighted by Gasteiger charge is -2.46. The van der Waals surface area contributed by atoms with Crippen molar-refractivity contribution >= 4 is 6.09 Å². The van der Waals surface area contributed by atoms with Gasteiger partial charge in [-0.25, -0.2) is 4.79 Å². The third-order valence-electron chi connectivity index (χ3n) is 4.72. The minimum Gasteiger partial charge on any atom is -0.444 e. The Morgan fingerprint density at radius 3 is 2.68 bits per heavy atom. The second-order valence-corrected chi connectivity index (χ2v) is 7.30. The van der Waals surface area contributed by atoms with Crippen LogP contribution in [0, 0.1) is 5.92 Å². The first kappa shape index (κ1) is 16.8. The third-order valence-corrected chi connectivity index (χ3v) is 4.72. The monoisotopic (exact) mass is 304 g/mol. The molecule has 1 aliphatic heterocycles. The first-order valence-electron chi connectivity index (χ1n) is 8.18. The number of piperidine rings is 1. The number of hydrogen-bond acceptors (Lipinski definition) is 3. The van der Waals surface area contributed by atoms with Crippen LogP contribution in [0.3, 0.4) is 0 Å². The Morgan fingerprint density at radius 2 is 2.18 bits per heavy atom. The van der Waals surface area contributed by atoms with Crippen molar-refractivity contribution in [3.63, 3.8) is 0 Å². The molecule has 0 radical (unpaired) electrons. The Balaban J connectivity index is 2.13. The van der Waals surface area contributed by atoms with Gasteiger partial charge in [0.15, 0.2) is 0 Å². The van der Waals surface area contributed by atoms with Crippen LogP contribution in [0.25, 0.3) is 0 Å². The zero-order valence-corrected chi connectivity index (χ0v) is 14.4. The van der Waals surface area contributed by atoms with Crippen LogP contribution in [-0.4, -0.2) is 34.7 Å². The standard InChI is InChI=1S/C18H28N2O2/c1-6-18(15-9-7-8-11-19-15)10-12-20(13-14(18)2)16(21)22-17(3,4)5/h7-9,11,14H,6,10,12-13H2,1-5H3/t14-,18-/m1/s1. The Kier molecular flexibility index (Phi) is 4.78. The number of likely N-dealkylation sites (tertiary alicyclic amines) is 1. The molecule has 4 nitrogen and oxygen atoms in total. The predicted molar refractivity (Wildman–Crippen MR) is 87.8 cm³/mol. The Morgan fingerprint density at radius 1 is 1.45 bits per heavy atom. The van der Waals surface area contributed by atoms with E-state index in [4.69, 9.17) is 4.74 Å². The summed E-state index contributed by atoms with van der Waals surface area (Å²) in [6.45, 7) is 11.6. The molecule has 0 unspecified atom stereocenters. The van der Waals surface area contributed by atoms with Gasteiger partial charge in [0, 0.05) is 30.4 Å². The number of pyridine rings is 1. The van der Waals surface area contributed by atoms with Gasteiger partial charge in [-0.1, -0.05) is 19.9 Å². The molecule has 122 valence electrons. The molecular formula is C18H28N2O2. The van der Waals surface area contributed by atoms with Crippen LogP contribution in [-0.2, 0) is 10.2 Å². The van der Waals surface area contributed by atoms with Gasteiger partial charge in [0.05, 0.1) is 0 Å². The second-order valence-electron chi connectivity index (χ2n) is 7.30. The molecule has 0 aromatic carbocycles. The quantitative estimate of drug-likeness (QED) is 0.829. The number of ether oxygens (including phenoxy) is 1. The predicted octanol–water partition coefficient (Wildman–Crippen LogP) is 4.01. The smallest absolute Gasteiger partial charge is 0.410 e. The molecule has 0 spiro atoms. The molecule has 0 aliphatic carbocycles. The van der Waals surface area contributed by atoms with Crippen molar-refractivity contribution in [2.75, 3.05) is 13.1 Å². The second kappa shape index (κ2) is 6.27. The number of rotatable bonds is 2. The van der Waals surface area contributed by atoms with Crippen molar-refractivity contribution in [2.24, 2.45) is 5.92 Å². The van der Waals surface area contributed by atoms with Crippen LogP contribution in [0.15, 0.2) is 24.4 Å². The minimum absolute atomic E-state index is 0.0553. The minimum atomic E-state index is -0.444. The maximum atomic E-state index is 12.3. The van der Waals surface area contributed by atoms with Gasteiger partial charge < -0.3 is 9.64 Å². The van der Waals surface area contributed by atoms with Crippen molar-refractivity contribution in [3.05, 3.63) is 30.1 Å². The van der Waals surface area contributed by atoms with Crippen LogP contribution in [0.2, 0.25) is 0 Å². The summed E-state index contributed by atoms with van der Waals surface area (Å²) in [5.41, 5.74) is 0.759. The highest BCUT2D eigenvalue weighted by Gasteiger charge is 2.43. The zero-order valence-electron chi connectivity index (χ0n) is 14.4. The fourth-order valence-corrected chi connectivity index (χ4v) is 3.41. The summed E-state index contributed by atoms with van der Waals surface area (Å²) in [5.74, 6) is 0.355. The molecule has 2 atom stereocenters. The van der Waals surface area contributed by atoms with Crippen molar-refractivity contribution in [2.45, 2.75) is 58.5 Å². The van der Waals surface area contributed by atoms with Gasteiger partial charge in [-0.2, -0.15) is 0 Å². The van der Waals surface area contributed by atoms with Gasteiger partial charge in [-0.3, -0.25) is 4.98 Å². The molecule has 4 heteroatoms. The Hall–Kier alpha value is -1.58. The van der Waals surface area contributed by atoms with E-state index >= 15 is 0 Å². The highest BCUT2D eigenvalue weighted by atomic mass is 16.6. The van der Waals surface area contributed by atoms with Crippen molar-refractivity contribution in [1.82, 2.24) is 9.88 Å². The van der Waals surface area contributed by atoms with Gasteiger partial charge in [0.1, 0.15) is 5.60 Å². The molecule has 1 amide bonds. The Labute approximate surface area is 133 Å². The van der Waals surface area contributed by atoms with Gasteiger partial charge >= 0.3 is 6.09 Å². The summed E-state index contributed by atoms with van der Waals surface area (Å²) in [5, 5.41) is 0. The summed E-state index contributed by atoms with van der Waals surface area (Å²) < 4.78 is 5.50. The topological polar surface area (TPSA) is 42.4 Å². The third kappa shape index (κ3) is 3.42. The SMILES string of the molecule is CC[C@@]1(c2ccccn2)CCN(C(=O)OC(C)(C)C)C[C@H]1C. The lowest BCUT2D eigenvalue weighted by Crippen LogP contribution is -2.51. The number of aromatic nitrogens is 1. The fraction of sp³-hybridized carbons (Fsp3) is 0.667. The molecular weight excluding hydrogens is 276 g/mol. The fourth-order valence-electron chi connectivity index (χ4n) is 3.41. The van der Waals surface area contributed by atoms with Gasteiger partial charge in [0.2, 0.25) is 0 Å². The normalized spacial score (nSPS) is 25.9. The Bertz CT molecular complexity index is 510. The average molecular weight is 304 g/mol. The van der Waals surface area contributed by atoms with Gasteiger partial charge in [-0.05, 0) is 51.7 Å². The molecule has 1 aromatic rings. The largest absolute Gasteiger partial charge is 0.444 e. The number of carbonyl (C=O) groups is 1. The van der Waals surface area contributed by atoms with Gasteiger partial charge in [-0.15, -0.1) is 0 Å². The lowest BCUT2D eigenvalue weighted by atomic mass is 9.67. The van der Waals surface area contributed by atoms with E-state index in [1.165, 1.54) is 0 Å². The van der Waals surface area contributed by atoms with Crippen LogP contribution in [0.1, 0.15) is 53.2 Å². The molecule has 2 rings (SSSR count). The molecule has 0 bridgehead atoms. The maximum Gasteiger partial charge on any atom is 0.410 e. The summed E-state index contributed by atoms with van der Waals surface area (Å²) >= 11 is 0. The maximum absolute atomic E-state index is 12.3. The van der Waals surface area contributed by atoms with E-state index in [2.05, 4.69) is 24.9 Å². The summed E-state index contributed by atoms with van der Waals surface area (Å²) in [6, 6.07) is 6.11. The van der Waals surface area contributed by atoms with Gasteiger partial charge in [0.25, 0.3) is 0 Å². The summed E-state index contributed by atoms with van der Waals surface area (Å²) in [6.07, 6.45) is 3.62. The molecule has 2 heterocycles. The van der Waals surface area contributed by atoms with Crippen molar-refractivity contribution in [3.8, 4) is 0 Å². The van der Waals surface area contributed by atoms with E-state index in [1.54, 1.807) is 0 Å². The first-order valence-corrected chi connectivity index (χ1v) is 8.18. The number of amides is 1. The van der Waals surface area contributed by atoms with E-state index in [9.17, 15) is 4.79 Å². The highest BCUT2D eigenvalue weighted by molar-refractivity contribution is 5.68. The van der Waals surface area contributed by atoms with Crippen LogP contribution in [0.5, 0.6) is 0 Å². The molecule has 1 aliphatic rings. The van der Waals surface area contributed by atoms with Crippen LogP contribution < -0.4 is 0 Å². The van der Waals surface area contributed by atoms with Crippen molar-refractivity contribution < 1.29 is 9.53 Å². The summed E-state index contributed by atoms with van der Waals surface area (Å²) in [7, 11) is 0. The van der Waals surface area contributed by atoms with Crippen LogP contribution >= 0.6 is 0 Å². The van der Waals surface area contributed by atoms with E-state index in [0.717, 1.165) is 31.6 Å². The molecule has 1 saturated heterocycles. The molecule has 0 saturated carbocycles. The van der Waals surface area contributed by atoms with E-state index in [0.29, 0.717) is 5.92 Å². The molecule has 1 fully saturated rings. The molecule has 1 aromatic heterocycles. The zero-order chi connectivity index (χ0) is 16.4. The average Bonchev–Trinajstić information content (AvgIpc) is 2.46. The van der Waals surface area contributed by atoms with E-state index in [-0.39, 0.29) is 11.5 Å². The number of carbonyl (C=O) groups excluding carboxylic acids is 1. The summed E-state index contributed by atoms with van der Waals surface area (Å²) in [4.78, 5) is 18.7. The van der Waals surface area contributed by atoms with E-state index < -0.39 is 5.60 Å². The number of nitrogens with zero attached hydrogens (tertiary/aromatic N) is 2. The van der Waals surface area contributed by atoms with E-state index in [1.807, 2.05) is 44.0 Å². The van der Waals surface area contributed by atoms with Crippen LogP contribution in [0.4, 0.5) is 4.79 Å². The lowest BCUT2D eigenvalue weighted by molar-refractivity contribution is 0.00664.